The van der Waals surface area contributed by atoms with Gasteiger partial charge in [-0.25, -0.2) is 9.18 Å². The normalized spacial score (nSPS) is 16.7. The van der Waals surface area contributed by atoms with E-state index in [1.165, 1.54) is 0 Å². The highest BCUT2D eigenvalue weighted by Gasteiger charge is 2.39. The number of hydrogen-bond acceptors (Lipinski definition) is 2. The highest BCUT2D eigenvalue weighted by Crippen LogP contribution is 2.37. The second kappa shape index (κ2) is 6.77. The van der Waals surface area contributed by atoms with Crippen molar-refractivity contribution in [3.8, 4) is 0 Å². The monoisotopic (exact) mass is 347 g/mol. The molecule has 2 amide bonds. The maximum Gasteiger partial charge on any atom is 0.321 e. The number of carbonyl (C=O) groups is 1. The van der Waals surface area contributed by atoms with Crippen molar-refractivity contribution in [1.82, 2.24) is 9.88 Å². The summed E-state index contributed by atoms with van der Waals surface area (Å²) in [5, 5.41) is 3.42. The average molecular weight is 348 g/mol. The minimum absolute atomic E-state index is 0.225. The molecule has 2 heterocycles. The van der Waals surface area contributed by atoms with Crippen molar-refractivity contribution in [2.75, 3.05) is 18.4 Å². The Kier molecular flexibility index (Phi) is 4.71. The van der Waals surface area contributed by atoms with Crippen LogP contribution in [0.15, 0.2) is 42.6 Å². The molecular weight excluding hydrogens is 329 g/mol. The van der Waals surface area contributed by atoms with Crippen LogP contribution in [0, 0.1) is 6.92 Å². The molecular formula is C18H19ClFN3O. The minimum atomic E-state index is -1.47. The Bertz CT molecular complexity index is 727. The molecule has 0 saturated carbocycles. The Morgan fingerprint density at radius 2 is 1.92 bits per heavy atom. The molecule has 1 fully saturated rings. The number of rotatable bonds is 2. The minimum Gasteiger partial charge on any atom is -0.324 e. The molecule has 0 radical (unpaired) electrons. The van der Waals surface area contributed by atoms with Crippen molar-refractivity contribution < 1.29 is 9.18 Å². The number of hydrogen-bond donors (Lipinski definition) is 1. The van der Waals surface area contributed by atoms with E-state index in [1.807, 2.05) is 13.0 Å². The van der Waals surface area contributed by atoms with E-state index < -0.39 is 5.67 Å². The molecule has 126 valence electrons. The van der Waals surface area contributed by atoms with Gasteiger partial charge >= 0.3 is 6.03 Å². The van der Waals surface area contributed by atoms with Crippen LogP contribution >= 0.6 is 11.6 Å². The summed E-state index contributed by atoms with van der Waals surface area (Å²) in [5.41, 5.74) is 0.534. The lowest BCUT2D eigenvalue weighted by atomic mass is 9.87. The number of likely N-dealkylation sites (tertiary alicyclic amines) is 1. The number of anilines is 1. The first-order chi connectivity index (χ1) is 11.5. The number of piperidine rings is 1. The van der Waals surface area contributed by atoms with Crippen molar-refractivity contribution in [2.45, 2.75) is 25.4 Å². The highest BCUT2D eigenvalue weighted by atomic mass is 35.5. The van der Waals surface area contributed by atoms with Crippen molar-refractivity contribution in [3.63, 3.8) is 0 Å². The number of urea groups is 1. The zero-order chi connectivity index (χ0) is 17.2. The lowest BCUT2D eigenvalue weighted by Crippen LogP contribution is -2.45. The van der Waals surface area contributed by atoms with E-state index in [4.69, 9.17) is 11.6 Å². The standard InChI is InChI=1S/C18H19ClFN3O/c1-13-3-2-10-21-16(13)18(20)8-11-23(12-9-18)17(24)22-15-6-4-14(19)5-7-15/h2-7,10H,8-9,11-12H2,1H3,(H,22,24). The van der Waals surface area contributed by atoms with Crippen LogP contribution in [0.1, 0.15) is 24.1 Å². The highest BCUT2D eigenvalue weighted by molar-refractivity contribution is 6.30. The fraction of sp³-hybridized carbons (Fsp3) is 0.333. The predicted molar refractivity (Wildman–Crippen MR) is 93.0 cm³/mol. The van der Waals surface area contributed by atoms with E-state index in [0.29, 0.717) is 29.5 Å². The number of halogens is 2. The van der Waals surface area contributed by atoms with Crippen molar-refractivity contribution in [3.05, 3.63) is 58.9 Å². The third-order valence-corrected chi connectivity index (χ3v) is 4.62. The van der Waals surface area contributed by atoms with Gasteiger partial charge in [0, 0.05) is 42.8 Å². The summed E-state index contributed by atoms with van der Waals surface area (Å²) in [5.74, 6) is 0. The Labute approximate surface area is 145 Å². The first kappa shape index (κ1) is 16.7. The Hall–Kier alpha value is -2.14. The van der Waals surface area contributed by atoms with E-state index >= 15 is 4.39 Å². The second-order valence-electron chi connectivity index (χ2n) is 6.06. The quantitative estimate of drug-likeness (QED) is 0.867. The number of pyridine rings is 1. The summed E-state index contributed by atoms with van der Waals surface area (Å²) in [6.45, 7) is 2.57. The number of benzene rings is 1. The van der Waals surface area contributed by atoms with Crippen molar-refractivity contribution in [1.29, 1.82) is 0 Å². The Morgan fingerprint density at radius 3 is 2.54 bits per heavy atom. The third-order valence-electron chi connectivity index (χ3n) is 4.37. The second-order valence-corrected chi connectivity index (χ2v) is 6.49. The number of alkyl halides is 1. The van der Waals surface area contributed by atoms with Crippen LogP contribution in [-0.4, -0.2) is 29.0 Å². The van der Waals surface area contributed by atoms with E-state index in [9.17, 15) is 4.79 Å². The summed E-state index contributed by atoms with van der Waals surface area (Å²) < 4.78 is 15.2. The molecule has 2 aromatic rings. The molecule has 4 nitrogen and oxygen atoms in total. The lowest BCUT2D eigenvalue weighted by Gasteiger charge is -2.36. The number of aromatic nitrogens is 1. The summed E-state index contributed by atoms with van der Waals surface area (Å²) >= 11 is 5.83. The molecule has 1 aliphatic rings. The SMILES string of the molecule is Cc1cccnc1C1(F)CCN(C(=O)Nc2ccc(Cl)cc2)CC1. The van der Waals surface area contributed by atoms with E-state index in [1.54, 1.807) is 41.4 Å². The van der Waals surface area contributed by atoms with Gasteiger partial charge in [-0.05, 0) is 42.8 Å². The molecule has 0 bridgehead atoms. The summed E-state index contributed by atoms with van der Waals surface area (Å²) in [6.07, 6.45) is 2.11. The molecule has 1 aromatic heterocycles. The maximum atomic E-state index is 15.2. The van der Waals surface area contributed by atoms with Gasteiger partial charge in [0.15, 0.2) is 5.67 Å². The number of amides is 2. The van der Waals surface area contributed by atoms with Crippen LogP contribution in [0.2, 0.25) is 5.02 Å². The topological polar surface area (TPSA) is 45.2 Å². The van der Waals surface area contributed by atoms with Gasteiger partial charge in [0.05, 0.1) is 5.69 Å². The number of carbonyl (C=O) groups excluding carboxylic acids is 1. The first-order valence-corrected chi connectivity index (χ1v) is 8.28. The van der Waals surface area contributed by atoms with Gasteiger partial charge in [0.25, 0.3) is 0 Å². The Balaban J connectivity index is 1.63. The Morgan fingerprint density at radius 1 is 1.25 bits per heavy atom. The van der Waals surface area contributed by atoms with Gasteiger partial charge in [-0.15, -0.1) is 0 Å². The van der Waals surface area contributed by atoms with Crippen molar-refractivity contribution in [2.24, 2.45) is 0 Å². The average Bonchev–Trinajstić information content (AvgIpc) is 2.58. The zero-order valence-corrected chi connectivity index (χ0v) is 14.2. The van der Waals surface area contributed by atoms with Gasteiger partial charge in [0.1, 0.15) is 0 Å². The van der Waals surface area contributed by atoms with Crippen LogP contribution in [0.5, 0.6) is 0 Å². The number of nitrogens with zero attached hydrogens (tertiary/aromatic N) is 2. The third kappa shape index (κ3) is 3.51. The summed E-state index contributed by atoms with van der Waals surface area (Å²) in [7, 11) is 0. The van der Waals surface area contributed by atoms with Gasteiger partial charge in [-0.3, -0.25) is 4.98 Å². The molecule has 3 rings (SSSR count). The first-order valence-electron chi connectivity index (χ1n) is 7.90. The van der Waals surface area contributed by atoms with Crippen LogP contribution < -0.4 is 5.32 Å². The van der Waals surface area contributed by atoms with Gasteiger partial charge in [-0.1, -0.05) is 17.7 Å². The van der Waals surface area contributed by atoms with Crippen LogP contribution in [0.3, 0.4) is 0 Å². The molecule has 0 aliphatic carbocycles. The van der Waals surface area contributed by atoms with E-state index in [2.05, 4.69) is 10.3 Å². The van der Waals surface area contributed by atoms with Gasteiger partial charge in [0.2, 0.25) is 0 Å². The molecule has 0 unspecified atom stereocenters. The molecule has 1 aliphatic heterocycles. The smallest absolute Gasteiger partial charge is 0.321 e. The van der Waals surface area contributed by atoms with Crippen LogP contribution in [0.25, 0.3) is 0 Å². The van der Waals surface area contributed by atoms with E-state index in [-0.39, 0.29) is 18.9 Å². The van der Waals surface area contributed by atoms with Gasteiger partial charge in [-0.2, -0.15) is 0 Å². The summed E-state index contributed by atoms with van der Waals surface area (Å²) in [4.78, 5) is 18.2. The molecule has 0 spiro atoms. The zero-order valence-electron chi connectivity index (χ0n) is 13.4. The predicted octanol–water partition coefficient (Wildman–Crippen LogP) is 4.54. The largest absolute Gasteiger partial charge is 0.324 e. The molecule has 0 atom stereocenters. The summed E-state index contributed by atoms with van der Waals surface area (Å²) in [6, 6.07) is 10.3. The number of aryl methyl sites for hydroxylation is 1. The lowest BCUT2D eigenvalue weighted by molar-refractivity contribution is 0.0677. The number of nitrogens with one attached hydrogen (secondary N) is 1. The fourth-order valence-electron chi connectivity index (χ4n) is 2.99. The van der Waals surface area contributed by atoms with Crippen LogP contribution in [0.4, 0.5) is 14.9 Å². The van der Waals surface area contributed by atoms with Gasteiger partial charge < -0.3 is 10.2 Å². The van der Waals surface area contributed by atoms with Crippen molar-refractivity contribution >= 4 is 23.3 Å². The molecule has 24 heavy (non-hydrogen) atoms. The maximum absolute atomic E-state index is 15.2. The van der Waals surface area contributed by atoms with Crippen LogP contribution in [-0.2, 0) is 5.67 Å². The molecule has 6 heteroatoms. The van der Waals surface area contributed by atoms with E-state index in [0.717, 1.165) is 5.56 Å². The fourth-order valence-corrected chi connectivity index (χ4v) is 3.12. The molecule has 1 aromatic carbocycles. The molecule has 1 saturated heterocycles. The molecule has 1 N–H and O–H groups in total.